The van der Waals surface area contributed by atoms with Gasteiger partial charge < -0.3 is 180 Å². The van der Waals surface area contributed by atoms with Gasteiger partial charge in [0, 0.05) is 46.6 Å². The van der Waals surface area contributed by atoms with E-state index in [1.807, 2.05) is 0 Å². The second kappa shape index (κ2) is 50.9. The van der Waals surface area contributed by atoms with Crippen molar-refractivity contribution in [3.63, 3.8) is 0 Å². The smallest absolute Gasteiger partial charge is 0.330 e. The summed E-state index contributed by atoms with van der Waals surface area (Å²) in [5, 5.41) is 127. The third-order valence-corrected chi connectivity index (χ3v) is 21.7. The van der Waals surface area contributed by atoms with Crippen LogP contribution in [0, 0.1) is 0 Å². The molecule has 0 aromatic rings. The van der Waals surface area contributed by atoms with Crippen LogP contribution in [-0.2, 0) is 118 Å². The topological polar surface area (TPSA) is 691 Å². The van der Waals surface area contributed by atoms with E-state index in [1.165, 1.54) is 18.7 Å². The molecule has 22 atom stereocenters. The molecule has 678 valence electrons. The van der Waals surface area contributed by atoms with E-state index in [0.29, 0.717) is 0 Å². The highest BCUT2D eigenvalue weighted by atomic mass is 31.2. The molecule has 0 saturated carbocycles. The molecule has 11 amide bonds. The minimum absolute atomic E-state index is 0.0451. The average molecular weight is 1740 g/mol. The van der Waals surface area contributed by atoms with Gasteiger partial charge in [-0.25, -0.2) is 0 Å². The molecule has 0 radical (unpaired) electrons. The Balaban J connectivity index is 1.26. The zero-order valence-corrected chi connectivity index (χ0v) is 68.3. The highest BCUT2D eigenvalue weighted by molar-refractivity contribution is 7.58. The number of hydrogen-bond donors (Lipinski definition) is 22. The fourth-order valence-corrected chi connectivity index (χ4v) is 14.2. The summed E-state index contributed by atoms with van der Waals surface area (Å²) in [6.07, 6.45) is -20.4. The van der Waals surface area contributed by atoms with Crippen molar-refractivity contribution >= 4 is 86.4 Å². The lowest BCUT2D eigenvalue weighted by atomic mass is 9.97. The Hall–Kier alpha value is -6.30. The summed E-state index contributed by atoms with van der Waals surface area (Å²) in [5.41, 5.74) is -2.56. The molecule has 5 fully saturated rings. The number of rotatable bonds is 52. The molecule has 5 rings (SSSR count). The quantitative estimate of drug-likeness (QED) is 0.0153. The summed E-state index contributed by atoms with van der Waals surface area (Å²) in [5.74, 6) is -7.37. The SMILES string of the molecule is C=P(O)(OC[C@@H]1C[C@@H](O)CN1C(=O)CCC(=O)NC(COCCC(=O)NCNC(=O)CCO[C@@H]1OC(CO)[C@H](O)C(O)[C@@H]1NC(C)=O)(COCCC(=O)NCNC(=O)CCO[C@@H]1OC(CO)[C@H](O)C(O)[C@@H]1NC(C)=O)COCCC(=O)NCNC(=O)CCO[C@@H]1OC(CO)[C@H](O)C(O)[C@@H]1NC(C)=O)O[C@H]1C[C@H](C)O[C@@H]1COP(=O)(O)C(C)C. The number of nitrogens with one attached hydrogen (secondary N) is 10. The first-order valence-corrected chi connectivity index (χ1v) is 41.7. The molecule has 5 aliphatic heterocycles. The van der Waals surface area contributed by atoms with Crippen LogP contribution in [0.2, 0.25) is 0 Å². The van der Waals surface area contributed by atoms with Gasteiger partial charge in [0.2, 0.25) is 72.5 Å². The van der Waals surface area contributed by atoms with Crippen molar-refractivity contribution in [2.45, 2.75) is 239 Å². The van der Waals surface area contributed by atoms with E-state index in [-0.39, 0.29) is 65.1 Å². The van der Waals surface area contributed by atoms with Crippen molar-refractivity contribution in [2.24, 2.45) is 0 Å². The van der Waals surface area contributed by atoms with Gasteiger partial charge in [-0.2, -0.15) is 0 Å². The fourth-order valence-electron chi connectivity index (χ4n) is 12.5. The first-order valence-electron chi connectivity index (χ1n) is 38.3. The summed E-state index contributed by atoms with van der Waals surface area (Å²) < 4.78 is 86.5. The Morgan fingerprint density at radius 3 is 1.17 bits per heavy atom. The first-order chi connectivity index (χ1) is 55.7. The average Bonchev–Trinajstić information content (AvgIpc) is 1.28. The molecule has 5 heterocycles. The largest absolute Gasteiger partial charge is 0.394 e. The first kappa shape index (κ1) is 102. The van der Waals surface area contributed by atoms with E-state index in [4.69, 9.17) is 60.9 Å². The van der Waals surface area contributed by atoms with E-state index in [9.17, 15) is 118 Å². The zero-order valence-electron chi connectivity index (χ0n) is 66.5. The second-order valence-electron chi connectivity index (χ2n) is 28.9. The molecule has 0 bridgehead atoms. The van der Waals surface area contributed by atoms with Crippen LogP contribution in [0.1, 0.15) is 106 Å². The van der Waals surface area contributed by atoms with Crippen molar-refractivity contribution in [3.05, 3.63) is 0 Å². The maximum Gasteiger partial charge on any atom is 0.330 e. The van der Waals surface area contributed by atoms with E-state index in [0.717, 1.165) is 20.8 Å². The molecule has 22 N–H and O–H groups in total. The van der Waals surface area contributed by atoms with Crippen molar-refractivity contribution in [1.82, 2.24) is 58.1 Å². The van der Waals surface area contributed by atoms with Gasteiger partial charge in [0.05, 0.1) is 181 Å². The number of carbonyl (C=O) groups is 11. The lowest BCUT2D eigenvalue weighted by Gasteiger charge is -2.42. The molecule has 5 saturated heterocycles. The third-order valence-electron chi connectivity index (χ3n) is 18.8. The summed E-state index contributed by atoms with van der Waals surface area (Å²) in [4.78, 5) is 165. The van der Waals surface area contributed by atoms with Gasteiger partial charge in [-0.15, -0.1) is 0 Å². The number of ether oxygens (including phenoxy) is 10. The van der Waals surface area contributed by atoms with E-state index in [2.05, 4.69) is 59.5 Å². The number of amides is 11. The Bertz CT molecular complexity index is 3100. The number of nitrogens with zero attached hydrogens (tertiary/aromatic N) is 1. The van der Waals surface area contributed by atoms with Crippen LogP contribution in [-0.4, -0.2) is 390 Å². The number of aliphatic hydroxyl groups is 10. The number of aliphatic hydroxyl groups excluding tert-OH is 10. The second-order valence-corrected chi connectivity index (χ2v) is 33.0. The van der Waals surface area contributed by atoms with Gasteiger partial charge in [0.15, 0.2) is 18.9 Å². The lowest BCUT2D eigenvalue weighted by molar-refractivity contribution is -0.270. The lowest BCUT2D eigenvalue weighted by Crippen LogP contribution is -2.64. The zero-order chi connectivity index (χ0) is 87.6. The maximum absolute atomic E-state index is 14.3. The highest BCUT2D eigenvalue weighted by Gasteiger charge is 2.49. The normalized spacial score (nSPS) is 29.2. The molecule has 118 heavy (non-hydrogen) atoms. The summed E-state index contributed by atoms with van der Waals surface area (Å²) >= 11 is 0. The summed E-state index contributed by atoms with van der Waals surface area (Å²) in [7, 11) is -8.02. The molecule has 0 spiro atoms. The summed E-state index contributed by atoms with van der Waals surface area (Å²) in [6.45, 7) is -0.314. The third kappa shape index (κ3) is 34.9. The van der Waals surface area contributed by atoms with E-state index < -0.39 is 332 Å². The number of carbonyl (C=O) groups excluding carboxylic acids is 11. The Labute approximate surface area is 679 Å². The minimum Gasteiger partial charge on any atom is -0.394 e. The predicted molar refractivity (Wildman–Crippen MR) is 401 cm³/mol. The highest BCUT2D eigenvalue weighted by Crippen LogP contribution is 2.50. The van der Waals surface area contributed by atoms with Crippen molar-refractivity contribution < 1.29 is 179 Å². The van der Waals surface area contributed by atoms with Gasteiger partial charge in [0.25, 0.3) is 0 Å². The van der Waals surface area contributed by atoms with Gasteiger partial charge in [-0.05, 0) is 19.6 Å². The van der Waals surface area contributed by atoms with Crippen LogP contribution in [0.25, 0.3) is 0 Å². The Morgan fingerprint density at radius 2 is 0.831 bits per heavy atom. The molecule has 50 heteroatoms. The van der Waals surface area contributed by atoms with Crippen LogP contribution in [0.15, 0.2) is 0 Å². The molecule has 0 aliphatic carbocycles. The van der Waals surface area contributed by atoms with Gasteiger partial charge in [-0.3, -0.25) is 57.3 Å². The molecule has 0 aromatic carbocycles. The van der Waals surface area contributed by atoms with Gasteiger partial charge >= 0.3 is 7.60 Å². The fraction of sp³-hybridized carbons (Fsp3) is 0.824. The van der Waals surface area contributed by atoms with Gasteiger partial charge in [0.1, 0.15) is 84.7 Å². The van der Waals surface area contributed by atoms with Crippen LogP contribution in [0.4, 0.5) is 0 Å². The summed E-state index contributed by atoms with van der Waals surface area (Å²) in [6, 6.07) is -4.74. The van der Waals surface area contributed by atoms with Crippen molar-refractivity contribution in [3.8, 4) is 0 Å². The monoisotopic (exact) mass is 1740 g/mol. The predicted octanol–water partition coefficient (Wildman–Crippen LogP) is -10.2. The van der Waals surface area contributed by atoms with Crippen LogP contribution >= 0.6 is 15.2 Å². The van der Waals surface area contributed by atoms with E-state index in [1.54, 1.807) is 6.92 Å². The minimum atomic E-state index is -4.03. The molecule has 48 nitrogen and oxygen atoms in total. The van der Waals surface area contributed by atoms with Crippen LogP contribution in [0.3, 0.4) is 0 Å². The van der Waals surface area contributed by atoms with Crippen LogP contribution in [0.5, 0.6) is 0 Å². The molecular formula is C68H119N11O37P2. The number of likely N-dealkylation sites (tertiary alicyclic amines) is 1. The Kier molecular flexibility index (Phi) is 44.2. The van der Waals surface area contributed by atoms with Gasteiger partial charge in [-0.1, -0.05) is 13.8 Å². The standard InChI is InChI=1S/C68H119N11O37P2/c1-36(2)118(102,103)111-29-47-43(22-37(3)112-47)116-117(7,101)110-28-41-23-42(86)24-79(41)55(94)9-8-54(93)78-68(30-104-16-10-48(87)69-33-72-51(90)13-19-107-65-56(75-38(4)83)62(98)59(95)44(25-80)113-65,31-105-17-11-49(88)70-34-73-52(91)14-20-108-66-57(76-39(5)84)63(99)60(96)45(26-81)114-66)32-106-18-12-50(89)71-35-74-53(92)15-21-109-67-58(77-40(6)85)64(100)61(97)46(27-82)115-67/h36-37,41-47,56-67,80-82,86,95-101H,7-35H2,1-6H3,(H,69,87)(H,70,88)(H,71,89)(H,72,90)(H,73,91)(H,74,92)(H,75,83)(H,76,84)(H,77,85)(H,78,93)(H,102,103)/t37-,41-,42+,43-,44?,45?,46?,47+,56-,57-,58-,59-,60-,61-,62?,63?,64?,65+,66+,67+,68?,117?/m0/s1. The molecule has 0 aromatic heterocycles. The molecule has 8 unspecified atom stereocenters. The number of β-amino-alcohol motifs (C(OH)–C–C–N with tert-alkyl or cyclic N) is 1. The molecular weight excluding hydrogens is 1620 g/mol. The van der Waals surface area contributed by atoms with Crippen LogP contribution < -0.4 is 53.2 Å². The Morgan fingerprint density at radius 1 is 0.475 bits per heavy atom. The molecule has 5 aliphatic rings. The van der Waals surface area contributed by atoms with Crippen molar-refractivity contribution in [1.29, 1.82) is 0 Å². The van der Waals surface area contributed by atoms with E-state index >= 15 is 0 Å². The van der Waals surface area contributed by atoms with Crippen molar-refractivity contribution in [2.75, 3.05) is 119 Å². The maximum atomic E-state index is 14.3. The number of hydrogen-bond acceptors (Lipinski definition) is 36.